The Morgan fingerprint density at radius 3 is 2.79 bits per heavy atom. The van der Waals surface area contributed by atoms with Crippen LogP contribution >= 0.6 is 0 Å². The molecule has 9 heteroatoms. The first-order chi connectivity index (χ1) is 11.5. The van der Waals surface area contributed by atoms with Crippen LogP contribution in [0.25, 0.3) is 0 Å². The third kappa shape index (κ3) is 3.12. The second kappa shape index (κ2) is 5.89. The highest BCUT2D eigenvalue weighted by atomic mass is 32.2. The summed E-state index contributed by atoms with van der Waals surface area (Å²) < 4.78 is 45.5. The van der Waals surface area contributed by atoms with Gasteiger partial charge in [-0.15, -0.1) is 0 Å². The zero-order chi connectivity index (χ0) is 16.8. The molecule has 1 aliphatic carbocycles. The number of ether oxygens (including phenoxy) is 1. The summed E-state index contributed by atoms with van der Waals surface area (Å²) in [5.41, 5.74) is -0.433. The lowest BCUT2D eigenvalue weighted by Gasteiger charge is -2.39. The largest absolute Gasteiger partial charge is 0.371 e. The van der Waals surface area contributed by atoms with Crippen molar-refractivity contribution in [2.75, 3.05) is 25.0 Å². The molecule has 3 aliphatic rings. The first kappa shape index (κ1) is 16.2. The minimum absolute atomic E-state index is 0.000889. The van der Waals surface area contributed by atoms with Crippen LogP contribution in [0, 0.1) is 5.82 Å². The van der Waals surface area contributed by atoms with Gasteiger partial charge in [-0.3, -0.25) is 0 Å². The SMILES string of the molecule is O=S(=O)(C1CC1)N1CCC[C@]2(C[C@@H](Nc3ncc(F)cn3)CO2)C1. The second-order valence-electron chi connectivity index (χ2n) is 6.95. The van der Waals surface area contributed by atoms with Gasteiger partial charge in [0.05, 0.1) is 35.9 Å². The molecule has 0 unspecified atom stereocenters. The summed E-state index contributed by atoms with van der Waals surface area (Å²) in [7, 11) is -3.17. The Morgan fingerprint density at radius 1 is 1.33 bits per heavy atom. The van der Waals surface area contributed by atoms with Crippen LogP contribution in [0.15, 0.2) is 12.4 Å². The minimum atomic E-state index is -3.17. The van der Waals surface area contributed by atoms with Crippen LogP contribution < -0.4 is 5.32 Å². The molecule has 7 nitrogen and oxygen atoms in total. The number of halogens is 1. The predicted molar refractivity (Wildman–Crippen MR) is 85.4 cm³/mol. The summed E-state index contributed by atoms with van der Waals surface area (Å²) >= 11 is 0. The number of rotatable bonds is 4. The van der Waals surface area contributed by atoms with Gasteiger partial charge in [0.1, 0.15) is 0 Å². The van der Waals surface area contributed by atoms with Crippen LogP contribution in [0.4, 0.5) is 10.3 Å². The fraction of sp³-hybridized carbons (Fsp3) is 0.733. The van der Waals surface area contributed by atoms with E-state index in [-0.39, 0.29) is 11.3 Å². The first-order valence-corrected chi connectivity index (χ1v) is 9.84. The molecule has 0 bridgehead atoms. The van der Waals surface area contributed by atoms with E-state index < -0.39 is 21.4 Å². The quantitative estimate of drug-likeness (QED) is 0.871. The van der Waals surface area contributed by atoms with Gasteiger partial charge in [-0.25, -0.2) is 22.8 Å². The molecule has 3 fully saturated rings. The fourth-order valence-corrected chi connectivity index (χ4v) is 5.59. The maximum atomic E-state index is 12.9. The Morgan fingerprint density at radius 2 is 2.08 bits per heavy atom. The van der Waals surface area contributed by atoms with Crippen LogP contribution in [0.1, 0.15) is 32.1 Å². The molecule has 2 aliphatic heterocycles. The van der Waals surface area contributed by atoms with Crippen molar-refractivity contribution in [3.05, 3.63) is 18.2 Å². The van der Waals surface area contributed by atoms with Gasteiger partial charge in [0.25, 0.3) is 0 Å². The van der Waals surface area contributed by atoms with Crippen molar-refractivity contribution in [1.29, 1.82) is 0 Å². The molecule has 4 rings (SSSR count). The smallest absolute Gasteiger partial charge is 0.223 e. The van der Waals surface area contributed by atoms with Crippen LogP contribution in [0.5, 0.6) is 0 Å². The number of piperidine rings is 1. The molecule has 2 saturated heterocycles. The molecular formula is C15H21FN4O3S. The number of sulfonamides is 1. The number of nitrogens with one attached hydrogen (secondary N) is 1. The average molecular weight is 356 g/mol. The van der Waals surface area contributed by atoms with Gasteiger partial charge in [-0.05, 0) is 25.7 Å². The summed E-state index contributed by atoms with van der Waals surface area (Å²) in [5, 5.41) is 2.96. The average Bonchev–Trinajstić information content (AvgIpc) is 3.36. The summed E-state index contributed by atoms with van der Waals surface area (Å²) in [5.74, 6) is -0.117. The van der Waals surface area contributed by atoms with E-state index in [0.29, 0.717) is 32.1 Å². The monoisotopic (exact) mass is 356 g/mol. The third-order valence-electron chi connectivity index (χ3n) is 4.97. The summed E-state index contributed by atoms with van der Waals surface area (Å²) in [6, 6.07) is -0.000889. The van der Waals surface area contributed by atoms with Gasteiger partial charge in [0, 0.05) is 19.5 Å². The molecular weight excluding hydrogens is 335 g/mol. The maximum Gasteiger partial charge on any atom is 0.223 e. The van der Waals surface area contributed by atoms with E-state index in [1.165, 1.54) is 0 Å². The number of nitrogens with zero attached hydrogens (tertiary/aromatic N) is 3. The highest BCUT2D eigenvalue weighted by molar-refractivity contribution is 7.90. The van der Waals surface area contributed by atoms with E-state index >= 15 is 0 Å². The fourth-order valence-electron chi connectivity index (χ4n) is 3.64. The molecule has 1 spiro atoms. The molecule has 0 aromatic carbocycles. The van der Waals surface area contributed by atoms with Gasteiger partial charge in [0.15, 0.2) is 5.82 Å². The molecule has 1 aromatic heterocycles. The standard InChI is InChI=1S/C15H21FN4O3S/c16-11-7-17-14(18-8-11)19-12-6-15(23-9-12)4-1-5-20(10-15)24(21,22)13-2-3-13/h7-8,12-13H,1-6,9-10H2,(H,17,18,19)/t12-,15+/m1/s1. The van der Waals surface area contributed by atoms with E-state index in [9.17, 15) is 12.8 Å². The normalized spacial score (nSPS) is 31.5. The van der Waals surface area contributed by atoms with E-state index in [1.54, 1.807) is 4.31 Å². The summed E-state index contributed by atoms with van der Waals surface area (Å²) in [6.07, 6.45) is 6.15. The lowest BCUT2D eigenvalue weighted by atomic mass is 9.90. The van der Waals surface area contributed by atoms with E-state index in [2.05, 4.69) is 15.3 Å². The highest BCUT2D eigenvalue weighted by Gasteiger charge is 2.49. The van der Waals surface area contributed by atoms with E-state index in [1.807, 2.05) is 0 Å². The van der Waals surface area contributed by atoms with Crippen molar-refractivity contribution >= 4 is 16.0 Å². The molecule has 3 heterocycles. The van der Waals surface area contributed by atoms with E-state index in [4.69, 9.17) is 4.74 Å². The predicted octanol–water partition coefficient (Wildman–Crippen LogP) is 1.14. The van der Waals surface area contributed by atoms with Crippen LogP contribution in [-0.2, 0) is 14.8 Å². The Labute approximate surface area is 140 Å². The molecule has 24 heavy (non-hydrogen) atoms. The third-order valence-corrected chi connectivity index (χ3v) is 7.32. The lowest BCUT2D eigenvalue weighted by Crippen LogP contribution is -2.51. The van der Waals surface area contributed by atoms with Crippen molar-refractivity contribution in [2.24, 2.45) is 0 Å². The van der Waals surface area contributed by atoms with Crippen LogP contribution in [0.3, 0.4) is 0 Å². The Balaban J connectivity index is 1.42. The van der Waals surface area contributed by atoms with Gasteiger partial charge >= 0.3 is 0 Å². The number of hydrogen-bond donors (Lipinski definition) is 1. The molecule has 0 radical (unpaired) electrons. The molecule has 2 atom stereocenters. The maximum absolute atomic E-state index is 12.9. The van der Waals surface area contributed by atoms with Crippen molar-refractivity contribution in [2.45, 2.75) is 49.0 Å². The summed E-state index contributed by atoms with van der Waals surface area (Å²) in [4.78, 5) is 7.80. The topological polar surface area (TPSA) is 84.4 Å². The molecule has 132 valence electrons. The van der Waals surface area contributed by atoms with Crippen molar-refractivity contribution in [3.63, 3.8) is 0 Å². The first-order valence-electron chi connectivity index (χ1n) is 8.34. The number of anilines is 1. The van der Waals surface area contributed by atoms with Crippen molar-refractivity contribution < 1.29 is 17.5 Å². The number of hydrogen-bond acceptors (Lipinski definition) is 6. The van der Waals surface area contributed by atoms with Gasteiger partial charge in [-0.2, -0.15) is 4.31 Å². The van der Waals surface area contributed by atoms with Gasteiger partial charge in [-0.1, -0.05) is 0 Å². The Bertz CT molecular complexity index is 710. The Hall–Kier alpha value is -1.32. The zero-order valence-corrected chi connectivity index (χ0v) is 14.1. The molecule has 0 amide bonds. The highest BCUT2D eigenvalue weighted by Crippen LogP contribution is 2.39. The van der Waals surface area contributed by atoms with Crippen LogP contribution in [0.2, 0.25) is 0 Å². The van der Waals surface area contributed by atoms with Crippen molar-refractivity contribution in [1.82, 2.24) is 14.3 Å². The van der Waals surface area contributed by atoms with Gasteiger partial charge < -0.3 is 10.1 Å². The van der Waals surface area contributed by atoms with Gasteiger partial charge in [0.2, 0.25) is 16.0 Å². The summed E-state index contributed by atoms with van der Waals surface area (Å²) in [6.45, 7) is 1.48. The number of aromatic nitrogens is 2. The molecule has 1 aromatic rings. The Kier molecular flexibility index (Phi) is 3.97. The van der Waals surface area contributed by atoms with Crippen LogP contribution in [-0.4, -0.2) is 59.3 Å². The minimum Gasteiger partial charge on any atom is -0.371 e. The van der Waals surface area contributed by atoms with E-state index in [0.717, 1.165) is 38.1 Å². The van der Waals surface area contributed by atoms with Crippen molar-refractivity contribution in [3.8, 4) is 0 Å². The lowest BCUT2D eigenvalue weighted by molar-refractivity contribution is -0.0329. The zero-order valence-electron chi connectivity index (χ0n) is 13.3. The second-order valence-corrected chi connectivity index (χ2v) is 9.16. The molecule has 1 saturated carbocycles. The molecule has 1 N–H and O–H groups in total.